The van der Waals surface area contributed by atoms with Crippen LogP contribution in [0.5, 0.6) is 0 Å². The Labute approximate surface area is 65.6 Å². The summed E-state index contributed by atoms with van der Waals surface area (Å²) < 4.78 is 0. The first-order chi connectivity index (χ1) is 5.22. The topological polar surface area (TPSA) is 55.4 Å². The molecular formula is C8H10N2O. The fraction of sp³-hybridized carbons (Fsp3) is 0. The monoisotopic (exact) mass is 150 g/mol. The molecular weight excluding hydrogens is 140 g/mol. The van der Waals surface area contributed by atoms with Crippen molar-refractivity contribution >= 4 is 12.1 Å². The van der Waals surface area contributed by atoms with Crippen LogP contribution in [0.25, 0.3) is 0 Å². The fourth-order valence-corrected chi connectivity index (χ4v) is 0.449. The van der Waals surface area contributed by atoms with Crippen LogP contribution < -0.4 is 5.73 Å². The molecule has 0 aliphatic carbocycles. The van der Waals surface area contributed by atoms with Crippen molar-refractivity contribution in [1.82, 2.24) is 0 Å². The second-order valence-corrected chi connectivity index (χ2v) is 1.68. The maximum absolute atomic E-state index is 10.6. The smallest absolute Gasteiger partial charge is 0.250 e. The van der Waals surface area contributed by atoms with Crippen molar-refractivity contribution < 1.29 is 4.79 Å². The lowest BCUT2D eigenvalue weighted by atomic mass is 10.2. The van der Waals surface area contributed by atoms with Gasteiger partial charge in [-0.3, -0.25) is 9.79 Å². The summed E-state index contributed by atoms with van der Waals surface area (Å²) in [5, 5.41) is 0. The molecule has 0 saturated carbocycles. The van der Waals surface area contributed by atoms with Crippen LogP contribution in [0.15, 0.2) is 42.1 Å². The van der Waals surface area contributed by atoms with Gasteiger partial charge in [0.15, 0.2) is 0 Å². The van der Waals surface area contributed by atoms with Gasteiger partial charge in [0.1, 0.15) is 0 Å². The minimum atomic E-state index is -0.532. The van der Waals surface area contributed by atoms with E-state index in [-0.39, 0.29) is 0 Å². The van der Waals surface area contributed by atoms with Gasteiger partial charge in [0.05, 0.1) is 5.57 Å². The number of primary amides is 1. The summed E-state index contributed by atoms with van der Waals surface area (Å²) in [6.45, 7) is 6.77. The van der Waals surface area contributed by atoms with E-state index in [0.29, 0.717) is 5.57 Å². The van der Waals surface area contributed by atoms with Gasteiger partial charge in [-0.15, -0.1) is 0 Å². The number of allylic oxidation sites excluding steroid dienone is 2. The zero-order chi connectivity index (χ0) is 8.69. The molecule has 58 valence electrons. The molecule has 0 aliphatic rings. The van der Waals surface area contributed by atoms with Crippen LogP contribution in [0.1, 0.15) is 0 Å². The zero-order valence-electron chi connectivity index (χ0n) is 6.16. The van der Waals surface area contributed by atoms with Gasteiger partial charge in [0.25, 0.3) is 0 Å². The normalized spacial score (nSPS) is 11.5. The highest BCUT2D eigenvalue weighted by Crippen LogP contribution is 1.89. The third kappa shape index (κ3) is 3.86. The highest BCUT2D eigenvalue weighted by Gasteiger charge is 1.97. The molecule has 0 saturated heterocycles. The Bertz CT molecular complexity index is 226. The third-order valence-electron chi connectivity index (χ3n) is 0.901. The number of hydrogen-bond donors (Lipinski definition) is 1. The maximum Gasteiger partial charge on any atom is 0.250 e. The van der Waals surface area contributed by atoms with Crippen molar-refractivity contribution in [3.05, 3.63) is 37.1 Å². The molecule has 0 atom stereocenters. The Hall–Kier alpha value is -1.64. The van der Waals surface area contributed by atoms with Crippen LogP contribution in [0.3, 0.4) is 0 Å². The molecule has 3 heteroatoms. The number of hydrogen-bond acceptors (Lipinski definition) is 2. The molecule has 0 rings (SSSR count). The Balaban J connectivity index is 4.47. The first-order valence-electron chi connectivity index (χ1n) is 2.99. The predicted molar refractivity (Wildman–Crippen MR) is 46.2 cm³/mol. The van der Waals surface area contributed by atoms with Gasteiger partial charge in [-0.25, -0.2) is 0 Å². The molecule has 0 unspecified atom stereocenters. The van der Waals surface area contributed by atoms with Gasteiger partial charge < -0.3 is 5.73 Å². The fourth-order valence-electron chi connectivity index (χ4n) is 0.449. The van der Waals surface area contributed by atoms with E-state index in [1.807, 2.05) is 0 Å². The Kier molecular flexibility index (Phi) is 4.40. The summed E-state index contributed by atoms with van der Waals surface area (Å²) in [5.74, 6) is -0.532. The summed E-state index contributed by atoms with van der Waals surface area (Å²) in [4.78, 5) is 14.2. The van der Waals surface area contributed by atoms with E-state index in [1.165, 1.54) is 24.6 Å². The standard InChI is InChI=1S/C8H10N2O/c1-3-5-7(8(9)11)6-10-4-2/h3-6H,1-2H2,(H2,9,11)/b7-5+,10-6?. The van der Waals surface area contributed by atoms with Crippen LogP contribution in [0.4, 0.5) is 0 Å². The SMILES string of the molecule is C=C/C=C(\C=NC=C)C(N)=O. The number of carbonyl (C=O) groups is 1. The van der Waals surface area contributed by atoms with E-state index in [2.05, 4.69) is 18.2 Å². The number of aliphatic imine (C=N–C) groups is 1. The molecule has 1 amide bonds. The zero-order valence-corrected chi connectivity index (χ0v) is 6.16. The van der Waals surface area contributed by atoms with Gasteiger partial charge in [-0.2, -0.15) is 0 Å². The first-order valence-corrected chi connectivity index (χ1v) is 2.99. The van der Waals surface area contributed by atoms with Gasteiger partial charge in [-0.1, -0.05) is 19.2 Å². The molecule has 0 aromatic rings. The second kappa shape index (κ2) is 5.17. The van der Waals surface area contributed by atoms with Gasteiger partial charge in [0.2, 0.25) is 5.91 Å². The molecule has 3 nitrogen and oxygen atoms in total. The number of amides is 1. The molecule has 0 heterocycles. The highest BCUT2D eigenvalue weighted by atomic mass is 16.1. The quantitative estimate of drug-likeness (QED) is 0.359. The van der Waals surface area contributed by atoms with Crippen LogP contribution in [-0.4, -0.2) is 12.1 Å². The molecule has 0 bridgehead atoms. The lowest BCUT2D eigenvalue weighted by molar-refractivity contribution is -0.114. The van der Waals surface area contributed by atoms with Gasteiger partial charge in [0, 0.05) is 12.4 Å². The van der Waals surface area contributed by atoms with E-state index < -0.39 is 5.91 Å². The van der Waals surface area contributed by atoms with Gasteiger partial charge in [-0.05, 0) is 6.08 Å². The minimum Gasteiger partial charge on any atom is -0.366 e. The van der Waals surface area contributed by atoms with E-state index in [9.17, 15) is 4.79 Å². The molecule has 11 heavy (non-hydrogen) atoms. The van der Waals surface area contributed by atoms with Crippen LogP contribution in [-0.2, 0) is 4.79 Å². The average molecular weight is 150 g/mol. The van der Waals surface area contributed by atoms with Gasteiger partial charge >= 0.3 is 0 Å². The Morgan fingerprint density at radius 1 is 1.45 bits per heavy atom. The molecule has 0 aromatic heterocycles. The Morgan fingerprint density at radius 3 is 2.45 bits per heavy atom. The number of rotatable bonds is 4. The number of nitrogens with zero attached hydrogens (tertiary/aromatic N) is 1. The summed E-state index contributed by atoms with van der Waals surface area (Å²) in [6.07, 6.45) is 5.60. The van der Waals surface area contributed by atoms with Crippen LogP contribution >= 0.6 is 0 Å². The molecule has 0 fully saturated rings. The van der Waals surface area contributed by atoms with E-state index in [1.54, 1.807) is 0 Å². The van der Waals surface area contributed by atoms with Crippen molar-refractivity contribution in [2.75, 3.05) is 0 Å². The summed E-state index contributed by atoms with van der Waals surface area (Å²) in [6, 6.07) is 0. The minimum absolute atomic E-state index is 0.305. The number of nitrogens with two attached hydrogens (primary N) is 1. The highest BCUT2D eigenvalue weighted by molar-refractivity contribution is 6.11. The van der Waals surface area contributed by atoms with Crippen molar-refractivity contribution in [3.8, 4) is 0 Å². The van der Waals surface area contributed by atoms with Crippen molar-refractivity contribution in [3.63, 3.8) is 0 Å². The third-order valence-corrected chi connectivity index (χ3v) is 0.901. The molecule has 0 aliphatic heterocycles. The maximum atomic E-state index is 10.6. The summed E-state index contributed by atoms with van der Waals surface area (Å²) in [5.41, 5.74) is 5.29. The van der Waals surface area contributed by atoms with Crippen molar-refractivity contribution in [1.29, 1.82) is 0 Å². The number of carbonyl (C=O) groups excluding carboxylic acids is 1. The van der Waals surface area contributed by atoms with Crippen LogP contribution in [0, 0.1) is 0 Å². The average Bonchev–Trinajstić information content (AvgIpc) is 1.97. The largest absolute Gasteiger partial charge is 0.366 e. The lowest BCUT2D eigenvalue weighted by Crippen LogP contribution is -2.14. The lowest BCUT2D eigenvalue weighted by Gasteiger charge is -1.89. The van der Waals surface area contributed by atoms with E-state index >= 15 is 0 Å². The Morgan fingerprint density at radius 2 is 2.09 bits per heavy atom. The van der Waals surface area contributed by atoms with Crippen molar-refractivity contribution in [2.24, 2.45) is 10.7 Å². The summed E-state index contributed by atoms with van der Waals surface area (Å²) in [7, 11) is 0. The predicted octanol–water partition coefficient (Wildman–Crippen LogP) is 0.798. The molecule has 0 radical (unpaired) electrons. The first kappa shape index (κ1) is 9.36. The van der Waals surface area contributed by atoms with E-state index in [4.69, 9.17) is 5.73 Å². The molecule has 0 aromatic carbocycles. The molecule has 0 spiro atoms. The second-order valence-electron chi connectivity index (χ2n) is 1.68. The van der Waals surface area contributed by atoms with Crippen LogP contribution in [0.2, 0.25) is 0 Å². The molecule has 2 N–H and O–H groups in total. The van der Waals surface area contributed by atoms with E-state index in [0.717, 1.165) is 0 Å². The summed E-state index contributed by atoms with van der Waals surface area (Å²) >= 11 is 0. The van der Waals surface area contributed by atoms with Crippen molar-refractivity contribution in [2.45, 2.75) is 0 Å².